The number of benzene rings is 1. The average Bonchev–Trinajstić information content (AvgIpc) is 2.98. The first-order chi connectivity index (χ1) is 12.1. The van der Waals surface area contributed by atoms with Crippen LogP contribution in [0.4, 0.5) is 5.00 Å². The summed E-state index contributed by atoms with van der Waals surface area (Å²) in [7, 11) is 1.64. The van der Waals surface area contributed by atoms with E-state index in [9.17, 15) is 4.79 Å². The zero-order chi connectivity index (χ0) is 17.8. The van der Waals surface area contributed by atoms with Crippen molar-refractivity contribution in [2.24, 2.45) is 0 Å². The highest BCUT2D eigenvalue weighted by molar-refractivity contribution is 7.23. The molecule has 5 nitrogen and oxygen atoms in total. The summed E-state index contributed by atoms with van der Waals surface area (Å²) in [4.78, 5) is 16.8. The molecule has 0 atom stereocenters. The number of fused-ring (bicyclic) bond motifs is 1. The third-order valence-corrected chi connectivity index (χ3v) is 4.84. The van der Waals surface area contributed by atoms with E-state index in [4.69, 9.17) is 9.47 Å². The standard InChI is InChI=1S/C19H20N2O3S/c1-4-24-19(22)16-17-15(9-12(2)10-20-17)25-18(16)21-11-13-5-7-14(23-3)8-6-13/h5-10,21H,4,11H2,1-3H3. The largest absolute Gasteiger partial charge is 0.497 e. The highest BCUT2D eigenvalue weighted by Crippen LogP contribution is 2.35. The molecular weight excluding hydrogens is 336 g/mol. The summed E-state index contributed by atoms with van der Waals surface area (Å²) in [6.45, 7) is 4.72. The molecule has 6 heteroatoms. The molecule has 0 saturated carbocycles. The molecule has 0 aliphatic carbocycles. The third kappa shape index (κ3) is 3.74. The Balaban J connectivity index is 1.90. The highest BCUT2D eigenvalue weighted by Gasteiger charge is 2.21. The lowest BCUT2D eigenvalue weighted by Crippen LogP contribution is -2.08. The molecule has 0 saturated heterocycles. The Hall–Kier alpha value is -2.60. The molecule has 0 aliphatic heterocycles. The number of nitrogens with one attached hydrogen (secondary N) is 1. The lowest BCUT2D eigenvalue weighted by molar-refractivity contribution is 0.0530. The van der Waals surface area contributed by atoms with Crippen LogP contribution in [-0.2, 0) is 11.3 Å². The summed E-state index contributed by atoms with van der Waals surface area (Å²) in [5.74, 6) is 0.472. The van der Waals surface area contributed by atoms with Gasteiger partial charge in [0, 0.05) is 12.7 Å². The van der Waals surface area contributed by atoms with Gasteiger partial charge in [-0.3, -0.25) is 4.98 Å². The number of carbonyl (C=O) groups is 1. The second kappa shape index (κ2) is 7.53. The fraction of sp³-hybridized carbons (Fsp3) is 0.263. The number of aromatic nitrogens is 1. The van der Waals surface area contributed by atoms with Crippen LogP contribution in [0.3, 0.4) is 0 Å². The normalized spacial score (nSPS) is 10.7. The number of pyridine rings is 1. The van der Waals surface area contributed by atoms with Gasteiger partial charge >= 0.3 is 5.97 Å². The Bertz CT molecular complexity index is 888. The monoisotopic (exact) mass is 356 g/mol. The molecule has 3 aromatic rings. The van der Waals surface area contributed by atoms with E-state index in [1.165, 1.54) is 11.3 Å². The summed E-state index contributed by atoms with van der Waals surface area (Å²) >= 11 is 1.52. The van der Waals surface area contributed by atoms with E-state index in [1.54, 1.807) is 20.2 Å². The van der Waals surface area contributed by atoms with Crippen molar-refractivity contribution < 1.29 is 14.3 Å². The SMILES string of the molecule is CCOC(=O)c1c(NCc2ccc(OC)cc2)sc2cc(C)cnc12. The van der Waals surface area contributed by atoms with Crippen molar-refractivity contribution in [2.75, 3.05) is 19.0 Å². The van der Waals surface area contributed by atoms with Crippen molar-refractivity contribution in [3.63, 3.8) is 0 Å². The molecule has 3 rings (SSSR count). The molecule has 2 aromatic heterocycles. The summed E-state index contributed by atoms with van der Waals surface area (Å²) in [5, 5.41) is 4.13. The quantitative estimate of drug-likeness (QED) is 0.663. The van der Waals surface area contributed by atoms with Gasteiger partial charge in [-0.05, 0) is 43.2 Å². The molecule has 2 heterocycles. The third-order valence-electron chi connectivity index (χ3n) is 3.76. The molecule has 0 amide bonds. The van der Waals surface area contributed by atoms with Gasteiger partial charge in [-0.1, -0.05) is 12.1 Å². The smallest absolute Gasteiger partial charge is 0.343 e. The molecule has 0 fully saturated rings. The van der Waals surface area contributed by atoms with Gasteiger partial charge in [-0.2, -0.15) is 0 Å². The predicted octanol–water partition coefficient (Wildman–Crippen LogP) is 4.40. The van der Waals surface area contributed by atoms with Gasteiger partial charge in [0.15, 0.2) is 0 Å². The minimum Gasteiger partial charge on any atom is -0.497 e. The molecular formula is C19H20N2O3S. The number of methoxy groups -OCH3 is 1. The number of ether oxygens (including phenoxy) is 2. The molecule has 0 unspecified atom stereocenters. The maximum atomic E-state index is 12.4. The van der Waals surface area contributed by atoms with Crippen molar-refractivity contribution in [2.45, 2.75) is 20.4 Å². The van der Waals surface area contributed by atoms with Gasteiger partial charge in [0.2, 0.25) is 0 Å². The van der Waals surface area contributed by atoms with Gasteiger partial charge in [-0.15, -0.1) is 11.3 Å². The minimum atomic E-state index is -0.345. The van der Waals surface area contributed by atoms with E-state index in [1.807, 2.05) is 37.3 Å². The zero-order valence-electron chi connectivity index (χ0n) is 14.5. The first-order valence-corrected chi connectivity index (χ1v) is 8.87. The second-order valence-electron chi connectivity index (χ2n) is 5.59. The van der Waals surface area contributed by atoms with Crippen LogP contribution in [0.25, 0.3) is 10.2 Å². The molecule has 130 valence electrons. The van der Waals surface area contributed by atoms with Crippen molar-refractivity contribution in [1.82, 2.24) is 4.98 Å². The molecule has 1 N–H and O–H groups in total. The van der Waals surface area contributed by atoms with Crippen LogP contribution in [0.1, 0.15) is 28.4 Å². The number of aryl methyl sites for hydroxylation is 1. The fourth-order valence-electron chi connectivity index (χ4n) is 2.52. The number of thiophene rings is 1. The maximum Gasteiger partial charge on any atom is 0.343 e. The van der Waals surface area contributed by atoms with E-state index in [0.717, 1.165) is 26.6 Å². The molecule has 0 aliphatic rings. The first kappa shape index (κ1) is 17.2. The van der Waals surface area contributed by atoms with Crippen LogP contribution in [0.5, 0.6) is 5.75 Å². The summed E-state index contributed by atoms with van der Waals surface area (Å²) < 4.78 is 11.4. The summed E-state index contributed by atoms with van der Waals surface area (Å²) in [6, 6.07) is 9.85. The number of esters is 1. The van der Waals surface area contributed by atoms with Crippen molar-refractivity contribution >= 4 is 32.5 Å². The van der Waals surface area contributed by atoms with Gasteiger partial charge in [0.05, 0.1) is 23.9 Å². The predicted molar refractivity (Wildman–Crippen MR) is 101 cm³/mol. The average molecular weight is 356 g/mol. The minimum absolute atomic E-state index is 0.333. The van der Waals surface area contributed by atoms with Crippen LogP contribution >= 0.6 is 11.3 Å². The van der Waals surface area contributed by atoms with Gasteiger partial charge in [0.25, 0.3) is 0 Å². The summed E-state index contributed by atoms with van der Waals surface area (Å²) in [6.07, 6.45) is 1.77. The van der Waals surface area contributed by atoms with Crippen molar-refractivity contribution in [1.29, 1.82) is 0 Å². The molecule has 1 aromatic carbocycles. The van der Waals surface area contributed by atoms with E-state index in [2.05, 4.69) is 10.3 Å². The van der Waals surface area contributed by atoms with Crippen LogP contribution in [-0.4, -0.2) is 24.7 Å². The van der Waals surface area contributed by atoms with Crippen LogP contribution in [0.2, 0.25) is 0 Å². The Labute approximate surface area is 150 Å². The fourth-order valence-corrected chi connectivity index (χ4v) is 3.66. The maximum absolute atomic E-state index is 12.4. The first-order valence-electron chi connectivity index (χ1n) is 8.05. The number of anilines is 1. The lowest BCUT2D eigenvalue weighted by atomic mass is 10.2. The van der Waals surface area contributed by atoms with E-state index < -0.39 is 0 Å². The topological polar surface area (TPSA) is 60.5 Å². The van der Waals surface area contributed by atoms with Gasteiger partial charge < -0.3 is 14.8 Å². The summed E-state index contributed by atoms with van der Waals surface area (Å²) in [5.41, 5.74) is 3.35. The number of carbonyl (C=O) groups excluding carboxylic acids is 1. The van der Waals surface area contributed by atoms with Gasteiger partial charge in [-0.25, -0.2) is 4.79 Å². The van der Waals surface area contributed by atoms with Crippen LogP contribution in [0.15, 0.2) is 36.5 Å². The Morgan fingerprint density at radius 2 is 2.04 bits per heavy atom. The van der Waals surface area contributed by atoms with Crippen molar-refractivity contribution in [3.05, 3.63) is 53.2 Å². The van der Waals surface area contributed by atoms with Crippen LogP contribution < -0.4 is 10.1 Å². The second-order valence-corrected chi connectivity index (χ2v) is 6.64. The highest BCUT2D eigenvalue weighted by atomic mass is 32.1. The number of nitrogens with zero attached hydrogens (tertiary/aromatic N) is 1. The van der Waals surface area contributed by atoms with Gasteiger partial charge in [0.1, 0.15) is 16.3 Å². The molecule has 0 bridgehead atoms. The Morgan fingerprint density at radius 3 is 2.72 bits per heavy atom. The van der Waals surface area contributed by atoms with E-state index >= 15 is 0 Å². The zero-order valence-corrected chi connectivity index (χ0v) is 15.3. The Morgan fingerprint density at radius 1 is 1.28 bits per heavy atom. The number of rotatable bonds is 6. The Kier molecular flexibility index (Phi) is 5.19. The van der Waals surface area contributed by atoms with Crippen LogP contribution in [0, 0.1) is 6.92 Å². The molecule has 0 radical (unpaired) electrons. The van der Waals surface area contributed by atoms with E-state index in [-0.39, 0.29) is 5.97 Å². The lowest BCUT2D eigenvalue weighted by Gasteiger charge is -2.08. The van der Waals surface area contributed by atoms with Crippen molar-refractivity contribution in [3.8, 4) is 5.75 Å². The number of hydrogen-bond acceptors (Lipinski definition) is 6. The van der Waals surface area contributed by atoms with E-state index in [0.29, 0.717) is 24.2 Å². The molecule has 0 spiro atoms. The molecule has 25 heavy (non-hydrogen) atoms. The number of hydrogen-bond donors (Lipinski definition) is 1.